The highest BCUT2D eigenvalue weighted by molar-refractivity contribution is 9.09. The summed E-state index contributed by atoms with van der Waals surface area (Å²) in [5.74, 6) is 0. The molecule has 0 aliphatic carbocycles. The second-order valence-electron chi connectivity index (χ2n) is 4.72. The quantitative estimate of drug-likeness (QED) is 0.166. The molecule has 0 rings (SSSR count). The Bertz CT molecular complexity index is 183. The number of hydrogen-bond acceptors (Lipinski definition) is 1. The van der Waals surface area contributed by atoms with Crippen LogP contribution < -0.4 is 0 Å². The van der Waals surface area contributed by atoms with Crippen LogP contribution in [0.15, 0.2) is 5.11 Å². The molecule has 6 heteroatoms. The van der Waals surface area contributed by atoms with Gasteiger partial charge in [0, 0.05) is 34.4 Å². The molecule has 0 fully saturated rings. The predicted octanol–water partition coefficient (Wildman–Crippen LogP) is 4.43. The van der Waals surface area contributed by atoms with E-state index in [1.807, 2.05) is 0 Å². The van der Waals surface area contributed by atoms with E-state index in [2.05, 4.69) is 52.1 Å². The lowest BCUT2D eigenvalue weighted by molar-refractivity contribution is 0.910. The molecule has 0 unspecified atom stereocenters. The van der Waals surface area contributed by atoms with Crippen molar-refractivity contribution >= 4 is 33.5 Å². The molecule has 0 aliphatic heterocycles. The molecule has 3 nitrogen and oxygen atoms in total. The van der Waals surface area contributed by atoms with Gasteiger partial charge in [0.1, 0.15) is 0 Å². The van der Waals surface area contributed by atoms with Crippen LogP contribution in [0, 0.1) is 0 Å². The third-order valence-corrected chi connectivity index (χ3v) is 5.70. The number of azide groups is 1. The topological polar surface area (TPSA) is 48.8 Å². The monoisotopic (exact) mass is 323 g/mol. The van der Waals surface area contributed by atoms with Crippen LogP contribution in [0.1, 0.15) is 12.8 Å². The number of nitrogens with zero attached hydrogens (tertiary/aromatic N) is 3. The second-order valence-corrected chi connectivity index (χ2v) is 12.2. The average Bonchev–Trinajstić information content (AvgIpc) is 2.22. The highest BCUT2D eigenvalue weighted by Gasteiger charge is 1.92. The third-order valence-electron chi connectivity index (χ3n) is 2.02. The highest BCUT2D eigenvalue weighted by Crippen LogP contribution is 1.98. The van der Waals surface area contributed by atoms with Crippen LogP contribution in [0.2, 0.25) is 38.3 Å². The van der Waals surface area contributed by atoms with Crippen molar-refractivity contribution in [1.29, 1.82) is 0 Å². The molecule has 0 spiro atoms. The molecule has 0 aromatic rings. The lowest BCUT2D eigenvalue weighted by atomic mass is 10.5. The molecule has 0 radical (unpaired) electrons. The Kier molecular flexibility index (Phi) is 17.7. The number of halogens is 1. The molecule has 96 valence electrons. The fraction of sp³-hybridized carbons (Fsp3) is 1.00. The third kappa shape index (κ3) is 23.8. The number of rotatable bonds is 7. The van der Waals surface area contributed by atoms with Crippen LogP contribution in [0.25, 0.3) is 10.4 Å². The van der Waals surface area contributed by atoms with Crippen molar-refractivity contribution in [3.8, 4) is 0 Å². The van der Waals surface area contributed by atoms with Crippen molar-refractivity contribution in [2.75, 3.05) is 11.9 Å². The van der Waals surface area contributed by atoms with Crippen molar-refractivity contribution in [1.82, 2.24) is 0 Å². The first-order valence-corrected chi connectivity index (χ1v) is 13.5. The maximum Gasteiger partial charge on any atom is 0.0305 e. The maximum atomic E-state index is 7.90. The standard InChI is InChI=1S/C5H13BrSi.C5H13N3Si/c1-7(2)5-3-4-6;1-9(2)5-3-4-7-8-6/h7H,3-5H2,1-2H3;9H,3-5H2,1-2H3. The summed E-state index contributed by atoms with van der Waals surface area (Å²) in [5.41, 5.74) is 7.90. The molecular formula is C10H26BrN3Si2. The second kappa shape index (κ2) is 15.2. The Morgan fingerprint density at radius 1 is 1.06 bits per heavy atom. The molecule has 0 bridgehead atoms. The molecule has 0 atom stereocenters. The minimum atomic E-state index is -0.396. The van der Waals surface area contributed by atoms with Gasteiger partial charge >= 0.3 is 0 Å². The van der Waals surface area contributed by atoms with Crippen LogP contribution in [0.5, 0.6) is 0 Å². The van der Waals surface area contributed by atoms with Crippen LogP contribution in [-0.2, 0) is 0 Å². The fourth-order valence-electron chi connectivity index (χ4n) is 1.10. The summed E-state index contributed by atoms with van der Waals surface area (Å²) in [4.78, 5) is 2.67. The summed E-state index contributed by atoms with van der Waals surface area (Å²) in [7, 11) is -0.615. The van der Waals surface area contributed by atoms with E-state index in [0.29, 0.717) is 6.54 Å². The summed E-state index contributed by atoms with van der Waals surface area (Å²) in [5, 5.41) is 4.64. The van der Waals surface area contributed by atoms with E-state index in [9.17, 15) is 0 Å². The Balaban J connectivity index is 0. The van der Waals surface area contributed by atoms with Gasteiger partial charge in [-0.05, 0) is 12.0 Å². The van der Waals surface area contributed by atoms with Gasteiger partial charge in [-0.25, -0.2) is 0 Å². The van der Waals surface area contributed by atoms with Gasteiger partial charge in [0.05, 0.1) is 0 Å². The zero-order chi connectivity index (χ0) is 12.8. The SMILES string of the molecule is C[SiH](C)CCCBr.C[SiH](C)CCCN=[N+]=[N-]. The van der Waals surface area contributed by atoms with Gasteiger partial charge in [-0.1, -0.05) is 65.7 Å². The lowest BCUT2D eigenvalue weighted by Gasteiger charge is -1.97. The van der Waals surface area contributed by atoms with E-state index in [0.717, 1.165) is 6.42 Å². The van der Waals surface area contributed by atoms with E-state index >= 15 is 0 Å². The van der Waals surface area contributed by atoms with Gasteiger partial charge in [0.15, 0.2) is 0 Å². The van der Waals surface area contributed by atoms with Gasteiger partial charge in [-0.15, -0.1) is 0 Å². The highest BCUT2D eigenvalue weighted by atomic mass is 79.9. The van der Waals surface area contributed by atoms with Crippen molar-refractivity contribution in [2.45, 2.75) is 51.1 Å². The van der Waals surface area contributed by atoms with Gasteiger partial charge < -0.3 is 0 Å². The molecule has 0 aliphatic rings. The van der Waals surface area contributed by atoms with Gasteiger partial charge in [0.2, 0.25) is 0 Å². The smallest absolute Gasteiger partial charge is 0.0305 e. The van der Waals surface area contributed by atoms with Gasteiger partial charge in [-0.2, -0.15) is 0 Å². The Morgan fingerprint density at radius 2 is 1.56 bits per heavy atom. The molecule has 0 N–H and O–H groups in total. The van der Waals surface area contributed by atoms with E-state index in [-0.39, 0.29) is 8.80 Å². The summed E-state index contributed by atoms with van der Waals surface area (Å²) in [6.07, 6.45) is 2.46. The Hall–Kier alpha value is 0.224. The summed E-state index contributed by atoms with van der Waals surface area (Å²) in [6.45, 7) is 10.1. The number of hydrogen-bond donors (Lipinski definition) is 0. The first-order chi connectivity index (χ1) is 7.54. The molecule has 0 saturated heterocycles. The molecule has 0 saturated carbocycles. The maximum absolute atomic E-state index is 7.90. The van der Waals surface area contributed by atoms with Crippen molar-refractivity contribution in [3.05, 3.63) is 10.4 Å². The molecule has 0 aromatic heterocycles. The Labute approximate surface area is 112 Å². The van der Waals surface area contributed by atoms with Crippen molar-refractivity contribution < 1.29 is 0 Å². The zero-order valence-electron chi connectivity index (χ0n) is 11.1. The van der Waals surface area contributed by atoms with E-state index in [4.69, 9.17) is 5.53 Å². The molecule has 0 amide bonds. The zero-order valence-corrected chi connectivity index (χ0v) is 15.0. The van der Waals surface area contributed by atoms with Crippen LogP contribution >= 0.6 is 15.9 Å². The van der Waals surface area contributed by atoms with Gasteiger partial charge in [0.25, 0.3) is 0 Å². The summed E-state index contributed by atoms with van der Waals surface area (Å²) < 4.78 is 0. The molecular weight excluding hydrogens is 298 g/mol. The van der Waals surface area contributed by atoms with Crippen LogP contribution in [-0.4, -0.2) is 29.5 Å². The lowest BCUT2D eigenvalue weighted by Crippen LogP contribution is -1.98. The first-order valence-electron chi connectivity index (χ1n) is 6.11. The van der Waals surface area contributed by atoms with E-state index in [1.54, 1.807) is 0 Å². The van der Waals surface area contributed by atoms with E-state index in [1.165, 1.54) is 23.8 Å². The van der Waals surface area contributed by atoms with Crippen LogP contribution in [0.3, 0.4) is 0 Å². The molecule has 16 heavy (non-hydrogen) atoms. The number of alkyl halides is 1. The minimum Gasteiger partial charge on any atom is -0.0940 e. The van der Waals surface area contributed by atoms with Crippen molar-refractivity contribution in [3.63, 3.8) is 0 Å². The predicted molar refractivity (Wildman–Crippen MR) is 84.4 cm³/mol. The van der Waals surface area contributed by atoms with Gasteiger partial charge in [-0.3, -0.25) is 0 Å². The summed E-state index contributed by atoms with van der Waals surface area (Å²) >= 11 is 3.40. The Morgan fingerprint density at radius 3 is 1.88 bits per heavy atom. The normalized spacial score (nSPS) is 9.69. The summed E-state index contributed by atoms with van der Waals surface area (Å²) in [6, 6.07) is 2.78. The minimum absolute atomic E-state index is 0.218. The van der Waals surface area contributed by atoms with Crippen molar-refractivity contribution in [2.24, 2.45) is 5.11 Å². The average molecular weight is 324 g/mol. The largest absolute Gasteiger partial charge is 0.0940 e. The van der Waals surface area contributed by atoms with E-state index < -0.39 is 8.80 Å². The fourth-order valence-corrected chi connectivity index (χ4v) is 4.04. The molecule has 0 aromatic carbocycles. The first kappa shape index (κ1) is 18.6. The molecule has 0 heterocycles. The van der Waals surface area contributed by atoms with Crippen LogP contribution in [0.4, 0.5) is 0 Å².